The molecule has 0 N–H and O–H groups in total. The molecule has 1 heterocycles. The van der Waals surface area contributed by atoms with Gasteiger partial charge >= 0.3 is 5.97 Å². The molecule has 2 rings (SSSR count). The normalized spacial score (nSPS) is 23.5. The number of carbonyl (C=O) groups is 1. The Kier molecular flexibility index (Phi) is 13.9. The van der Waals surface area contributed by atoms with Crippen LogP contribution >= 0.6 is 0 Å². The van der Waals surface area contributed by atoms with Gasteiger partial charge in [0.1, 0.15) is 12.1 Å². The van der Waals surface area contributed by atoms with E-state index in [9.17, 15) is 4.79 Å². The average molecular weight is 309 g/mol. The number of likely N-dealkylation sites (N-methyl/N-ethyl adjacent to an activating group) is 1. The summed E-state index contributed by atoms with van der Waals surface area (Å²) in [6, 6.07) is 9.73. The van der Waals surface area contributed by atoms with Crippen LogP contribution in [0.25, 0.3) is 0 Å². The van der Waals surface area contributed by atoms with E-state index in [-0.39, 0.29) is 24.2 Å². The van der Waals surface area contributed by atoms with Crippen LogP contribution in [0.1, 0.15) is 67.0 Å². The minimum Gasteiger partial charge on any atom is -0.460 e. The zero-order valence-corrected chi connectivity index (χ0v) is 15.9. The molecule has 3 atom stereocenters. The van der Waals surface area contributed by atoms with Crippen molar-refractivity contribution in [2.45, 2.75) is 73.6 Å². The van der Waals surface area contributed by atoms with E-state index in [4.69, 9.17) is 4.74 Å². The molecule has 128 valence electrons. The first-order chi connectivity index (χ1) is 10.6. The summed E-state index contributed by atoms with van der Waals surface area (Å²) in [6.45, 7) is 16.0. The van der Waals surface area contributed by atoms with E-state index >= 15 is 0 Å². The number of hydrogen-bond donors (Lipinski definition) is 0. The van der Waals surface area contributed by atoms with Crippen molar-refractivity contribution in [1.29, 1.82) is 0 Å². The highest BCUT2D eigenvalue weighted by Gasteiger charge is 2.38. The molecule has 0 bridgehead atoms. The first-order valence-electron chi connectivity index (χ1n) is 8.58. The molecule has 1 aromatic rings. The number of benzene rings is 1. The van der Waals surface area contributed by atoms with Gasteiger partial charge in [0.25, 0.3) is 0 Å². The standard InChI is InChI=1S/C13H17NO2.3C2H6/c1-9-10(2)16-13(15)12(14(9)3)11-7-5-4-6-8-11;3*1-2/h4-10,12H,1-3H3;3*1-2H3/t9?,10?,12-;;;/m0.../s1. The maximum absolute atomic E-state index is 11.9. The highest BCUT2D eigenvalue weighted by atomic mass is 16.5. The van der Waals surface area contributed by atoms with Crippen LogP contribution < -0.4 is 0 Å². The predicted molar refractivity (Wildman–Crippen MR) is 96.0 cm³/mol. The average Bonchev–Trinajstić information content (AvgIpc) is 2.59. The Morgan fingerprint density at radius 2 is 1.36 bits per heavy atom. The summed E-state index contributed by atoms with van der Waals surface area (Å²) in [5.41, 5.74) is 0.994. The molecule has 1 saturated heterocycles. The number of esters is 1. The number of morpholine rings is 1. The van der Waals surface area contributed by atoms with Gasteiger partial charge < -0.3 is 4.74 Å². The van der Waals surface area contributed by atoms with Gasteiger partial charge in [-0.15, -0.1) is 0 Å². The number of ether oxygens (including phenoxy) is 1. The lowest BCUT2D eigenvalue weighted by Crippen LogP contribution is -2.50. The number of nitrogens with zero attached hydrogens (tertiary/aromatic N) is 1. The molecule has 1 aromatic carbocycles. The molecule has 0 aromatic heterocycles. The van der Waals surface area contributed by atoms with Gasteiger partial charge in [-0.1, -0.05) is 71.9 Å². The second kappa shape index (κ2) is 13.3. The van der Waals surface area contributed by atoms with Gasteiger partial charge in [0.15, 0.2) is 0 Å². The first-order valence-corrected chi connectivity index (χ1v) is 8.58. The Morgan fingerprint density at radius 1 is 0.909 bits per heavy atom. The first kappa shape index (κ1) is 22.9. The number of rotatable bonds is 1. The summed E-state index contributed by atoms with van der Waals surface area (Å²) in [5, 5.41) is 0. The Labute approximate surface area is 137 Å². The topological polar surface area (TPSA) is 29.5 Å². The van der Waals surface area contributed by atoms with E-state index < -0.39 is 0 Å². The van der Waals surface area contributed by atoms with Crippen molar-refractivity contribution >= 4 is 5.97 Å². The quantitative estimate of drug-likeness (QED) is 0.678. The monoisotopic (exact) mass is 309 g/mol. The molecule has 3 nitrogen and oxygen atoms in total. The molecule has 0 aliphatic carbocycles. The third-order valence-electron chi connectivity index (χ3n) is 3.37. The van der Waals surface area contributed by atoms with Crippen molar-refractivity contribution in [3.8, 4) is 0 Å². The lowest BCUT2D eigenvalue weighted by Gasteiger charge is -2.40. The molecule has 0 spiro atoms. The molecule has 0 amide bonds. The van der Waals surface area contributed by atoms with Gasteiger partial charge in [-0.3, -0.25) is 4.90 Å². The Bertz CT molecular complexity index is 378. The van der Waals surface area contributed by atoms with E-state index in [2.05, 4.69) is 11.8 Å². The lowest BCUT2D eigenvalue weighted by molar-refractivity contribution is -0.169. The summed E-state index contributed by atoms with van der Waals surface area (Å²) in [4.78, 5) is 14.0. The highest BCUT2D eigenvalue weighted by molar-refractivity contribution is 5.78. The summed E-state index contributed by atoms with van der Waals surface area (Å²) in [7, 11) is 1.97. The third kappa shape index (κ3) is 6.18. The highest BCUT2D eigenvalue weighted by Crippen LogP contribution is 2.29. The zero-order chi connectivity index (χ0) is 17.7. The molecule has 1 fully saturated rings. The van der Waals surface area contributed by atoms with E-state index in [0.717, 1.165) is 5.56 Å². The van der Waals surface area contributed by atoms with Crippen LogP contribution in [0.3, 0.4) is 0 Å². The molecular weight excluding hydrogens is 274 g/mol. The van der Waals surface area contributed by atoms with Crippen LogP contribution in [0.2, 0.25) is 0 Å². The summed E-state index contributed by atoms with van der Waals surface area (Å²) < 4.78 is 5.36. The summed E-state index contributed by atoms with van der Waals surface area (Å²) >= 11 is 0. The fraction of sp³-hybridized carbons (Fsp3) is 0.632. The van der Waals surface area contributed by atoms with Crippen molar-refractivity contribution in [2.24, 2.45) is 0 Å². The maximum Gasteiger partial charge on any atom is 0.328 e. The lowest BCUT2D eigenvalue weighted by atomic mass is 10.0. The fourth-order valence-electron chi connectivity index (χ4n) is 2.09. The van der Waals surface area contributed by atoms with Crippen LogP contribution in [0.15, 0.2) is 30.3 Å². The largest absolute Gasteiger partial charge is 0.460 e. The van der Waals surface area contributed by atoms with Crippen LogP contribution in [-0.4, -0.2) is 30.1 Å². The Morgan fingerprint density at radius 3 is 1.82 bits per heavy atom. The Balaban J connectivity index is 0. The van der Waals surface area contributed by atoms with E-state index in [0.29, 0.717) is 0 Å². The van der Waals surface area contributed by atoms with Gasteiger partial charge in [0.05, 0.1) is 0 Å². The van der Waals surface area contributed by atoms with Crippen LogP contribution in [-0.2, 0) is 9.53 Å². The number of cyclic esters (lactones) is 1. The molecule has 0 saturated carbocycles. The molecule has 0 radical (unpaired) electrons. The van der Waals surface area contributed by atoms with E-state index in [1.54, 1.807) is 0 Å². The van der Waals surface area contributed by atoms with Crippen molar-refractivity contribution in [3.05, 3.63) is 35.9 Å². The zero-order valence-electron chi connectivity index (χ0n) is 15.9. The summed E-state index contributed by atoms with van der Waals surface area (Å²) in [5.74, 6) is -0.153. The van der Waals surface area contributed by atoms with Crippen molar-refractivity contribution in [2.75, 3.05) is 7.05 Å². The SMILES string of the molecule is CC.CC.CC.CC1OC(=O)[C@H](c2ccccc2)N(C)C1C. The number of carbonyl (C=O) groups excluding carboxylic acids is 1. The fourth-order valence-corrected chi connectivity index (χ4v) is 2.09. The molecule has 1 aliphatic heterocycles. The van der Waals surface area contributed by atoms with Crippen molar-refractivity contribution in [1.82, 2.24) is 4.90 Å². The smallest absolute Gasteiger partial charge is 0.328 e. The number of hydrogen-bond acceptors (Lipinski definition) is 3. The van der Waals surface area contributed by atoms with Crippen molar-refractivity contribution < 1.29 is 9.53 Å². The minimum atomic E-state index is -0.271. The van der Waals surface area contributed by atoms with Crippen LogP contribution in [0.4, 0.5) is 0 Å². The van der Waals surface area contributed by atoms with Crippen molar-refractivity contribution in [3.63, 3.8) is 0 Å². The van der Waals surface area contributed by atoms with E-state index in [1.165, 1.54) is 0 Å². The van der Waals surface area contributed by atoms with Crippen LogP contribution in [0, 0.1) is 0 Å². The molecule has 2 unspecified atom stereocenters. The van der Waals surface area contributed by atoms with Crippen LogP contribution in [0.5, 0.6) is 0 Å². The molecule has 1 aliphatic rings. The maximum atomic E-state index is 11.9. The van der Waals surface area contributed by atoms with Gasteiger partial charge in [-0.05, 0) is 26.5 Å². The van der Waals surface area contributed by atoms with Gasteiger partial charge in [0, 0.05) is 6.04 Å². The molecular formula is C19H35NO2. The minimum absolute atomic E-state index is 0.0440. The van der Waals surface area contributed by atoms with E-state index in [1.807, 2.05) is 85.8 Å². The van der Waals surface area contributed by atoms with Gasteiger partial charge in [0.2, 0.25) is 0 Å². The second-order valence-corrected chi connectivity index (χ2v) is 4.36. The second-order valence-electron chi connectivity index (χ2n) is 4.36. The van der Waals surface area contributed by atoms with Gasteiger partial charge in [-0.25, -0.2) is 4.79 Å². The predicted octanol–water partition coefficient (Wildman–Crippen LogP) is 5.07. The third-order valence-corrected chi connectivity index (χ3v) is 3.37. The molecule has 22 heavy (non-hydrogen) atoms. The van der Waals surface area contributed by atoms with Gasteiger partial charge in [-0.2, -0.15) is 0 Å². The Hall–Kier alpha value is -1.35. The summed E-state index contributed by atoms with van der Waals surface area (Å²) in [6.07, 6.45) is -0.0440. The molecule has 3 heteroatoms.